The highest BCUT2D eigenvalue weighted by Gasteiger charge is 2.54. The smallest absolute Gasteiger partial charge is 0.255 e. The number of hydrogen-bond donors (Lipinski definition) is 1. The molecule has 1 aromatic carbocycles. The summed E-state index contributed by atoms with van der Waals surface area (Å²) < 4.78 is 5.38. The molecule has 2 amide bonds. The SMILES string of the molecule is COc1ccc2[nH]c3c(c2c1)CCN1C(=O)CN(Cc2cccs2)C(=O)C31C. The monoisotopic (exact) mass is 395 g/mol. The standard InChI is InChI=1S/C21H21N3O3S/c1-21-19-15(16-10-13(27-2)5-6-17(16)22-19)7-8-24(21)18(25)12-23(20(21)26)11-14-4-3-9-28-14/h3-6,9-10,22H,7-8,11-12H2,1-2H3. The molecular weight excluding hydrogens is 374 g/mol. The first kappa shape index (κ1) is 17.3. The van der Waals surface area contributed by atoms with Gasteiger partial charge in [0.2, 0.25) is 5.91 Å². The topological polar surface area (TPSA) is 65.6 Å². The van der Waals surface area contributed by atoms with Gasteiger partial charge in [-0.1, -0.05) is 6.07 Å². The van der Waals surface area contributed by atoms with Crippen molar-refractivity contribution in [3.63, 3.8) is 0 Å². The molecule has 144 valence electrons. The van der Waals surface area contributed by atoms with Crippen molar-refractivity contribution in [2.24, 2.45) is 0 Å². The predicted octanol–water partition coefficient (Wildman–Crippen LogP) is 2.88. The third-order valence-corrected chi connectivity index (χ3v) is 6.84. The van der Waals surface area contributed by atoms with Crippen LogP contribution < -0.4 is 4.74 Å². The molecule has 3 aromatic rings. The first-order valence-corrected chi connectivity index (χ1v) is 10.2. The number of aromatic amines is 1. The summed E-state index contributed by atoms with van der Waals surface area (Å²) in [4.78, 5) is 34.5. The zero-order valence-corrected chi connectivity index (χ0v) is 16.6. The fourth-order valence-corrected chi connectivity index (χ4v) is 5.27. The van der Waals surface area contributed by atoms with E-state index >= 15 is 0 Å². The van der Waals surface area contributed by atoms with Crippen molar-refractivity contribution in [2.75, 3.05) is 20.2 Å². The zero-order chi connectivity index (χ0) is 19.5. The second-order valence-corrected chi connectivity index (χ2v) is 8.53. The first-order chi connectivity index (χ1) is 13.5. The van der Waals surface area contributed by atoms with Crippen molar-refractivity contribution in [3.05, 3.63) is 51.8 Å². The van der Waals surface area contributed by atoms with E-state index in [1.54, 1.807) is 28.2 Å². The van der Waals surface area contributed by atoms with Crippen LogP contribution in [0.25, 0.3) is 10.9 Å². The molecule has 0 radical (unpaired) electrons. The van der Waals surface area contributed by atoms with Crippen LogP contribution in [0.4, 0.5) is 0 Å². The largest absolute Gasteiger partial charge is 0.497 e. The van der Waals surface area contributed by atoms with E-state index in [0.29, 0.717) is 13.1 Å². The van der Waals surface area contributed by atoms with Gasteiger partial charge in [-0.05, 0) is 48.6 Å². The molecule has 1 fully saturated rings. The number of piperazine rings is 1. The molecule has 2 aromatic heterocycles. The molecule has 2 aliphatic heterocycles. The van der Waals surface area contributed by atoms with Gasteiger partial charge in [0, 0.05) is 22.3 Å². The van der Waals surface area contributed by atoms with Gasteiger partial charge in [0.25, 0.3) is 5.91 Å². The lowest BCUT2D eigenvalue weighted by molar-refractivity contribution is -0.166. The van der Waals surface area contributed by atoms with Crippen LogP contribution in [0.3, 0.4) is 0 Å². The highest BCUT2D eigenvalue weighted by atomic mass is 32.1. The highest BCUT2D eigenvalue weighted by molar-refractivity contribution is 7.09. The summed E-state index contributed by atoms with van der Waals surface area (Å²) in [6.45, 7) is 3.02. The minimum absolute atomic E-state index is 0.000503. The molecule has 1 atom stereocenters. The number of nitrogens with one attached hydrogen (secondary N) is 1. The van der Waals surface area contributed by atoms with Crippen LogP contribution in [-0.4, -0.2) is 46.8 Å². The van der Waals surface area contributed by atoms with E-state index in [9.17, 15) is 9.59 Å². The van der Waals surface area contributed by atoms with Gasteiger partial charge in [0.15, 0.2) is 5.54 Å². The Hall–Kier alpha value is -2.80. The van der Waals surface area contributed by atoms with Crippen LogP contribution in [-0.2, 0) is 28.1 Å². The van der Waals surface area contributed by atoms with Crippen LogP contribution in [0.15, 0.2) is 35.7 Å². The van der Waals surface area contributed by atoms with E-state index < -0.39 is 5.54 Å². The minimum Gasteiger partial charge on any atom is -0.497 e. The quantitative estimate of drug-likeness (QED) is 0.742. The number of methoxy groups -OCH3 is 1. The Labute approximate surface area is 166 Å². The number of carbonyl (C=O) groups excluding carboxylic acids is 2. The van der Waals surface area contributed by atoms with Gasteiger partial charge in [-0.2, -0.15) is 0 Å². The Morgan fingerprint density at radius 3 is 2.89 bits per heavy atom. The van der Waals surface area contributed by atoms with Gasteiger partial charge in [-0.15, -0.1) is 11.3 Å². The lowest BCUT2D eigenvalue weighted by Gasteiger charge is -2.49. The molecule has 5 rings (SSSR count). The number of fused-ring (bicyclic) bond motifs is 5. The van der Waals surface area contributed by atoms with Crippen LogP contribution >= 0.6 is 11.3 Å². The predicted molar refractivity (Wildman–Crippen MR) is 107 cm³/mol. The molecule has 6 nitrogen and oxygen atoms in total. The summed E-state index contributed by atoms with van der Waals surface area (Å²) >= 11 is 1.60. The summed E-state index contributed by atoms with van der Waals surface area (Å²) in [5.41, 5.74) is 1.89. The van der Waals surface area contributed by atoms with Gasteiger partial charge in [-0.25, -0.2) is 0 Å². The molecule has 1 saturated heterocycles. The normalized spacial score (nSPS) is 21.8. The number of thiophene rings is 1. The maximum absolute atomic E-state index is 13.6. The highest BCUT2D eigenvalue weighted by Crippen LogP contribution is 2.42. The number of hydrogen-bond acceptors (Lipinski definition) is 4. The third kappa shape index (κ3) is 2.32. The van der Waals surface area contributed by atoms with Gasteiger partial charge < -0.3 is 19.5 Å². The fourth-order valence-electron chi connectivity index (χ4n) is 4.55. The van der Waals surface area contributed by atoms with E-state index in [0.717, 1.165) is 39.2 Å². The molecule has 2 aliphatic rings. The number of H-pyrrole nitrogens is 1. The van der Waals surface area contributed by atoms with Crippen molar-refractivity contribution < 1.29 is 14.3 Å². The number of amides is 2. The number of benzene rings is 1. The molecule has 0 spiro atoms. The van der Waals surface area contributed by atoms with E-state index in [2.05, 4.69) is 4.98 Å². The second kappa shape index (κ2) is 6.10. The van der Waals surface area contributed by atoms with Crippen LogP contribution in [0.5, 0.6) is 5.75 Å². The Kier molecular flexibility index (Phi) is 3.77. The molecule has 4 heterocycles. The molecule has 1 unspecified atom stereocenters. The Morgan fingerprint density at radius 1 is 1.29 bits per heavy atom. The Morgan fingerprint density at radius 2 is 2.14 bits per heavy atom. The average molecular weight is 395 g/mol. The lowest BCUT2D eigenvalue weighted by Crippen LogP contribution is -2.66. The summed E-state index contributed by atoms with van der Waals surface area (Å²) in [7, 11) is 1.65. The van der Waals surface area contributed by atoms with Gasteiger partial charge in [0.05, 0.1) is 19.3 Å². The summed E-state index contributed by atoms with van der Waals surface area (Å²) in [5.74, 6) is 0.757. The molecule has 1 N–H and O–H groups in total. The molecule has 7 heteroatoms. The summed E-state index contributed by atoms with van der Waals surface area (Å²) in [6.07, 6.45) is 0.724. The number of nitrogens with zero attached hydrogens (tertiary/aromatic N) is 2. The Bertz CT molecular complexity index is 1090. The van der Waals surface area contributed by atoms with Crippen molar-refractivity contribution in [1.29, 1.82) is 0 Å². The molecule has 28 heavy (non-hydrogen) atoms. The average Bonchev–Trinajstić information content (AvgIpc) is 3.33. The van der Waals surface area contributed by atoms with E-state index in [-0.39, 0.29) is 18.4 Å². The van der Waals surface area contributed by atoms with E-state index in [1.165, 1.54) is 0 Å². The number of aromatic nitrogens is 1. The van der Waals surface area contributed by atoms with Crippen LogP contribution in [0.1, 0.15) is 23.1 Å². The Balaban J connectivity index is 1.62. The number of ether oxygens (including phenoxy) is 1. The summed E-state index contributed by atoms with van der Waals surface area (Å²) in [6, 6.07) is 9.84. The van der Waals surface area contributed by atoms with E-state index in [1.807, 2.05) is 42.6 Å². The van der Waals surface area contributed by atoms with Crippen LogP contribution in [0, 0.1) is 0 Å². The molecule has 0 aliphatic carbocycles. The van der Waals surface area contributed by atoms with Gasteiger partial charge in [0.1, 0.15) is 12.3 Å². The van der Waals surface area contributed by atoms with Crippen molar-refractivity contribution >= 4 is 34.1 Å². The lowest BCUT2D eigenvalue weighted by atomic mass is 9.83. The van der Waals surface area contributed by atoms with E-state index in [4.69, 9.17) is 4.74 Å². The molecule has 0 saturated carbocycles. The minimum atomic E-state index is -1.01. The fraction of sp³-hybridized carbons (Fsp3) is 0.333. The van der Waals surface area contributed by atoms with Crippen molar-refractivity contribution in [1.82, 2.24) is 14.8 Å². The third-order valence-electron chi connectivity index (χ3n) is 5.98. The van der Waals surface area contributed by atoms with Crippen molar-refractivity contribution in [2.45, 2.75) is 25.4 Å². The van der Waals surface area contributed by atoms with Gasteiger partial charge in [-0.3, -0.25) is 9.59 Å². The second-order valence-electron chi connectivity index (χ2n) is 7.50. The molecule has 0 bridgehead atoms. The number of rotatable bonds is 3. The molecular formula is C21H21N3O3S. The van der Waals surface area contributed by atoms with Gasteiger partial charge >= 0.3 is 0 Å². The van der Waals surface area contributed by atoms with Crippen molar-refractivity contribution in [3.8, 4) is 5.75 Å². The first-order valence-electron chi connectivity index (χ1n) is 9.33. The maximum atomic E-state index is 13.6. The number of carbonyl (C=O) groups is 2. The zero-order valence-electron chi connectivity index (χ0n) is 15.8. The van der Waals surface area contributed by atoms with Crippen LogP contribution in [0.2, 0.25) is 0 Å². The summed E-state index contributed by atoms with van der Waals surface area (Å²) in [5, 5.41) is 3.05. The maximum Gasteiger partial charge on any atom is 0.255 e.